The molecule has 9 heavy (non-hydrogen) atoms. The molecule has 1 N–H and O–H groups in total. The van der Waals surface area contributed by atoms with E-state index in [1.807, 2.05) is 6.92 Å². The summed E-state index contributed by atoms with van der Waals surface area (Å²) in [5.74, 6) is 1.27. The van der Waals surface area contributed by atoms with Gasteiger partial charge in [-0.25, -0.2) is 0 Å². The SMILES string of the molecule is C=C(CC)OC(=C)NC. The minimum absolute atomic E-state index is 0.543. The van der Waals surface area contributed by atoms with Gasteiger partial charge in [0, 0.05) is 13.5 Å². The average molecular weight is 127 g/mol. The fourth-order valence-corrected chi connectivity index (χ4v) is 0.297. The van der Waals surface area contributed by atoms with Crippen molar-refractivity contribution < 1.29 is 4.74 Å². The molecular weight excluding hydrogens is 114 g/mol. The summed E-state index contributed by atoms with van der Waals surface area (Å²) >= 11 is 0. The van der Waals surface area contributed by atoms with Gasteiger partial charge < -0.3 is 10.1 Å². The predicted molar refractivity (Wildman–Crippen MR) is 38.7 cm³/mol. The zero-order valence-corrected chi connectivity index (χ0v) is 6.03. The van der Waals surface area contributed by atoms with Gasteiger partial charge in [0.2, 0.25) is 0 Å². The van der Waals surface area contributed by atoms with Gasteiger partial charge in [0.15, 0.2) is 5.88 Å². The molecule has 0 atom stereocenters. The second kappa shape index (κ2) is 4.01. The number of ether oxygens (including phenoxy) is 1. The third kappa shape index (κ3) is 3.64. The molecule has 0 spiro atoms. The van der Waals surface area contributed by atoms with Crippen LogP contribution in [-0.4, -0.2) is 7.05 Å². The maximum absolute atomic E-state index is 5.05. The van der Waals surface area contributed by atoms with E-state index in [0.29, 0.717) is 5.88 Å². The second-order valence-electron chi connectivity index (χ2n) is 1.67. The quantitative estimate of drug-likeness (QED) is 0.579. The van der Waals surface area contributed by atoms with Crippen molar-refractivity contribution in [2.75, 3.05) is 7.05 Å². The van der Waals surface area contributed by atoms with E-state index in [0.717, 1.165) is 12.2 Å². The molecule has 52 valence electrons. The summed E-state index contributed by atoms with van der Waals surface area (Å²) in [6.45, 7) is 9.18. The first-order valence-electron chi connectivity index (χ1n) is 2.93. The van der Waals surface area contributed by atoms with Gasteiger partial charge in [-0.2, -0.15) is 0 Å². The maximum atomic E-state index is 5.05. The topological polar surface area (TPSA) is 21.3 Å². The van der Waals surface area contributed by atoms with E-state index in [1.165, 1.54) is 0 Å². The summed E-state index contributed by atoms with van der Waals surface area (Å²) in [5, 5.41) is 2.75. The van der Waals surface area contributed by atoms with Crippen LogP contribution in [0.1, 0.15) is 13.3 Å². The molecule has 0 aromatic heterocycles. The second-order valence-corrected chi connectivity index (χ2v) is 1.67. The Morgan fingerprint density at radius 1 is 1.56 bits per heavy atom. The summed E-state index contributed by atoms with van der Waals surface area (Å²) in [7, 11) is 1.76. The molecule has 0 aliphatic rings. The highest BCUT2D eigenvalue weighted by Gasteiger charge is 1.90. The minimum Gasteiger partial charge on any atom is -0.447 e. The zero-order valence-electron chi connectivity index (χ0n) is 6.03. The number of allylic oxidation sites excluding steroid dienone is 1. The minimum atomic E-state index is 0.543. The predicted octanol–water partition coefficient (Wildman–Crippen LogP) is 1.62. The van der Waals surface area contributed by atoms with Crippen molar-refractivity contribution in [3.8, 4) is 0 Å². The number of hydrogen-bond donors (Lipinski definition) is 1. The number of hydrogen-bond acceptors (Lipinski definition) is 2. The highest BCUT2D eigenvalue weighted by molar-refractivity contribution is 4.89. The van der Waals surface area contributed by atoms with E-state index >= 15 is 0 Å². The van der Waals surface area contributed by atoms with Crippen molar-refractivity contribution in [3.05, 3.63) is 24.8 Å². The average Bonchev–Trinajstić information content (AvgIpc) is 1.87. The number of rotatable bonds is 4. The Hall–Kier alpha value is -0.920. The highest BCUT2D eigenvalue weighted by atomic mass is 16.5. The van der Waals surface area contributed by atoms with E-state index < -0.39 is 0 Å². The Morgan fingerprint density at radius 3 is 2.44 bits per heavy atom. The Kier molecular flexibility index (Phi) is 3.60. The first kappa shape index (κ1) is 8.08. The van der Waals surface area contributed by atoms with Crippen molar-refractivity contribution in [2.45, 2.75) is 13.3 Å². The molecule has 0 amide bonds. The molecule has 2 nitrogen and oxygen atoms in total. The molecule has 0 aliphatic carbocycles. The molecule has 0 fully saturated rings. The van der Waals surface area contributed by atoms with Crippen molar-refractivity contribution in [1.29, 1.82) is 0 Å². The Labute approximate surface area is 56.2 Å². The van der Waals surface area contributed by atoms with E-state index in [1.54, 1.807) is 7.05 Å². The van der Waals surface area contributed by atoms with Crippen molar-refractivity contribution >= 4 is 0 Å². The van der Waals surface area contributed by atoms with Crippen molar-refractivity contribution in [3.63, 3.8) is 0 Å². The first-order valence-corrected chi connectivity index (χ1v) is 2.93. The summed E-state index contributed by atoms with van der Waals surface area (Å²) in [6.07, 6.45) is 0.820. The standard InChI is InChI=1S/C7H13NO/c1-5-6(2)9-7(3)8-4/h8H,2-3,5H2,1,4H3. The third-order valence-corrected chi connectivity index (χ3v) is 0.941. The molecule has 0 bridgehead atoms. The van der Waals surface area contributed by atoms with Gasteiger partial charge in [0.1, 0.15) is 0 Å². The van der Waals surface area contributed by atoms with E-state index in [4.69, 9.17) is 4.74 Å². The van der Waals surface area contributed by atoms with Crippen LogP contribution < -0.4 is 5.32 Å². The van der Waals surface area contributed by atoms with Crippen LogP contribution in [0.5, 0.6) is 0 Å². The molecule has 0 heterocycles. The molecule has 0 saturated carbocycles. The molecule has 0 aliphatic heterocycles. The first-order chi connectivity index (χ1) is 4.20. The van der Waals surface area contributed by atoms with Gasteiger partial charge in [-0.3, -0.25) is 0 Å². The van der Waals surface area contributed by atoms with Crippen molar-refractivity contribution in [2.24, 2.45) is 0 Å². The molecule has 0 rings (SSSR count). The van der Waals surface area contributed by atoms with Gasteiger partial charge in [0.05, 0.1) is 5.76 Å². The smallest absolute Gasteiger partial charge is 0.185 e. The van der Waals surface area contributed by atoms with Crippen LogP contribution in [0.3, 0.4) is 0 Å². The molecule has 0 aromatic carbocycles. The maximum Gasteiger partial charge on any atom is 0.185 e. The Morgan fingerprint density at radius 2 is 2.11 bits per heavy atom. The number of nitrogens with one attached hydrogen (secondary N) is 1. The van der Waals surface area contributed by atoms with Gasteiger partial charge >= 0.3 is 0 Å². The fourth-order valence-electron chi connectivity index (χ4n) is 0.297. The summed E-state index contributed by atoms with van der Waals surface area (Å²) < 4.78 is 5.05. The van der Waals surface area contributed by atoms with Gasteiger partial charge in [-0.05, 0) is 6.58 Å². The van der Waals surface area contributed by atoms with Crippen LogP contribution in [0.4, 0.5) is 0 Å². The zero-order chi connectivity index (χ0) is 7.28. The summed E-state index contributed by atoms with van der Waals surface area (Å²) in [6, 6.07) is 0. The molecule has 0 unspecified atom stereocenters. The van der Waals surface area contributed by atoms with Crippen molar-refractivity contribution in [1.82, 2.24) is 5.32 Å². The van der Waals surface area contributed by atoms with Crippen LogP contribution in [-0.2, 0) is 4.74 Å². The van der Waals surface area contributed by atoms with Crippen LogP contribution in [0, 0.1) is 0 Å². The fraction of sp³-hybridized carbons (Fsp3) is 0.429. The molecule has 2 heteroatoms. The van der Waals surface area contributed by atoms with E-state index in [2.05, 4.69) is 18.5 Å². The van der Waals surface area contributed by atoms with Crippen LogP contribution in [0.2, 0.25) is 0 Å². The van der Waals surface area contributed by atoms with Crippen LogP contribution >= 0.6 is 0 Å². The lowest BCUT2D eigenvalue weighted by atomic mass is 10.4. The summed E-state index contributed by atoms with van der Waals surface area (Å²) in [5.41, 5.74) is 0. The summed E-state index contributed by atoms with van der Waals surface area (Å²) in [4.78, 5) is 0. The molecule has 0 aromatic rings. The lowest BCUT2D eigenvalue weighted by molar-refractivity contribution is 0.275. The monoisotopic (exact) mass is 127 g/mol. The molecular formula is C7H13NO. The Balaban J connectivity index is 3.47. The van der Waals surface area contributed by atoms with Gasteiger partial charge in [0.25, 0.3) is 0 Å². The van der Waals surface area contributed by atoms with E-state index in [9.17, 15) is 0 Å². The van der Waals surface area contributed by atoms with Crippen LogP contribution in [0.15, 0.2) is 24.8 Å². The van der Waals surface area contributed by atoms with Gasteiger partial charge in [-0.15, -0.1) is 0 Å². The third-order valence-electron chi connectivity index (χ3n) is 0.941. The highest BCUT2D eigenvalue weighted by Crippen LogP contribution is 2.01. The van der Waals surface area contributed by atoms with Crippen LogP contribution in [0.25, 0.3) is 0 Å². The largest absolute Gasteiger partial charge is 0.447 e. The molecule has 0 saturated heterocycles. The lowest BCUT2D eigenvalue weighted by Crippen LogP contribution is -2.06. The molecule has 0 radical (unpaired) electrons. The van der Waals surface area contributed by atoms with Gasteiger partial charge in [-0.1, -0.05) is 13.5 Å². The Bertz CT molecular complexity index is 104. The normalized spacial score (nSPS) is 8.22. The lowest BCUT2D eigenvalue weighted by Gasteiger charge is -2.07. The van der Waals surface area contributed by atoms with E-state index in [-0.39, 0.29) is 0 Å².